The molecule has 4 saturated heterocycles. The summed E-state index contributed by atoms with van der Waals surface area (Å²) in [5.41, 5.74) is 1.01. The standard InChI is InChI=1S/C17H21NO6.C10H14O6/c1-17(2)23-12(9-18-21-10-11-7-5-4-6-8-11)13-14(24-17)15(20-3)16(19)22-13;1-10(2)15-5(4-11)6-7(16-10)8(13-3)9(12)14-6/h4-9,12-15H,10H2,1-3H3;4-8H,1-3H3/b18-9+;/t12-,13+,14-,15-;5-,6+,7-,8-/m11/s1. The molecule has 4 aliphatic heterocycles. The van der Waals surface area contributed by atoms with Gasteiger partial charge in [0.2, 0.25) is 0 Å². The normalized spacial score (nSPS) is 35.5. The zero-order valence-electron chi connectivity index (χ0n) is 23.2. The molecule has 4 fully saturated rings. The summed E-state index contributed by atoms with van der Waals surface area (Å²) in [6.45, 7) is 7.23. The molecule has 0 unspecified atom stereocenters. The lowest BCUT2D eigenvalue weighted by Crippen LogP contribution is -2.55. The first-order valence-electron chi connectivity index (χ1n) is 12.8. The van der Waals surface area contributed by atoms with Crippen LogP contribution in [0.2, 0.25) is 0 Å². The van der Waals surface area contributed by atoms with Crippen LogP contribution in [-0.4, -0.2) is 99.1 Å². The van der Waals surface area contributed by atoms with E-state index in [1.54, 1.807) is 27.7 Å². The molecular weight excluding hydrogens is 530 g/mol. The van der Waals surface area contributed by atoms with Crippen LogP contribution in [0.15, 0.2) is 35.5 Å². The third-order valence-electron chi connectivity index (χ3n) is 6.54. The van der Waals surface area contributed by atoms with Crippen LogP contribution in [0.3, 0.4) is 0 Å². The van der Waals surface area contributed by atoms with Gasteiger partial charge in [0.15, 0.2) is 48.4 Å². The lowest BCUT2D eigenvalue weighted by atomic mass is 10.0. The number of nitrogens with zero attached hydrogens (tertiary/aromatic N) is 1. The topological polar surface area (TPSA) is 147 Å². The molecule has 0 saturated carbocycles. The van der Waals surface area contributed by atoms with Gasteiger partial charge in [-0.25, -0.2) is 9.59 Å². The minimum Gasteiger partial charge on any atom is -0.454 e. The number of methoxy groups -OCH3 is 2. The van der Waals surface area contributed by atoms with Crippen molar-refractivity contribution in [2.24, 2.45) is 5.16 Å². The fourth-order valence-corrected chi connectivity index (χ4v) is 4.89. The van der Waals surface area contributed by atoms with Crippen molar-refractivity contribution >= 4 is 24.4 Å². The summed E-state index contributed by atoms with van der Waals surface area (Å²) in [5.74, 6) is -2.80. The van der Waals surface area contributed by atoms with Gasteiger partial charge in [-0.15, -0.1) is 0 Å². The van der Waals surface area contributed by atoms with E-state index in [2.05, 4.69) is 5.16 Å². The van der Waals surface area contributed by atoms with Gasteiger partial charge >= 0.3 is 11.9 Å². The fourth-order valence-electron chi connectivity index (χ4n) is 4.89. The van der Waals surface area contributed by atoms with E-state index in [1.807, 2.05) is 30.3 Å². The van der Waals surface area contributed by atoms with E-state index in [0.29, 0.717) is 12.9 Å². The Balaban J connectivity index is 0.000000201. The molecule has 4 heterocycles. The van der Waals surface area contributed by atoms with Crippen LogP contribution >= 0.6 is 0 Å². The Morgan fingerprint density at radius 2 is 1.27 bits per heavy atom. The number of carbonyl (C=O) groups excluding carboxylic acids is 3. The van der Waals surface area contributed by atoms with Crippen LogP contribution < -0.4 is 0 Å². The number of fused-ring (bicyclic) bond motifs is 2. The van der Waals surface area contributed by atoms with Gasteiger partial charge < -0.3 is 47.5 Å². The molecule has 0 bridgehead atoms. The molecule has 0 radical (unpaired) electrons. The van der Waals surface area contributed by atoms with Crippen LogP contribution in [0.5, 0.6) is 0 Å². The maximum atomic E-state index is 11.9. The molecule has 0 aliphatic carbocycles. The van der Waals surface area contributed by atoms with Gasteiger partial charge in [-0.3, -0.25) is 0 Å². The monoisotopic (exact) mass is 565 g/mol. The van der Waals surface area contributed by atoms with Crippen LogP contribution in [0.1, 0.15) is 33.3 Å². The number of benzene rings is 1. The van der Waals surface area contributed by atoms with E-state index in [9.17, 15) is 14.4 Å². The number of hydrogen-bond acceptors (Lipinski definition) is 13. The predicted octanol–water partition coefficient (Wildman–Crippen LogP) is 1.30. The number of aldehydes is 1. The van der Waals surface area contributed by atoms with E-state index in [4.69, 9.17) is 42.7 Å². The highest BCUT2D eigenvalue weighted by Crippen LogP contribution is 2.36. The Bertz CT molecular complexity index is 1080. The first kappa shape index (κ1) is 30.0. The third kappa shape index (κ3) is 6.67. The summed E-state index contributed by atoms with van der Waals surface area (Å²) in [6.07, 6.45) is -3.30. The smallest absolute Gasteiger partial charge is 0.338 e. The number of hydrogen-bond donors (Lipinski definition) is 0. The highest BCUT2D eigenvalue weighted by Gasteiger charge is 2.57. The molecule has 0 amide bonds. The lowest BCUT2D eigenvalue weighted by Gasteiger charge is -2.41. The molecule has 5 rings (SSSR count). The maximum absolute atomic E-state index is 11.9. The average Bonchev–Trinajstić information content (AvgIpc) is 3.39. The SMILES string of the molecule is CO[C@H]1C(=O)O[C@@H]2[C@H]1OC(C)(C)O[C@@H]2/C=N/OCc1ccccc1.CO[C@H]1C(=O)O[C@@H]2[C@H]1OC(C)(C)O[C@@H]2C=O. The average molecular weight is 566 g/mol. The molecule has 1 aromatic carbocycles. The van der Waals surface area contributed by atoms with Gasteiger partial charge in [0.1, 0.15) is 24.9 Å². The van der Waals surface area contributed by atoms with E-state index in [0.717, 1.165) is 5.56 Å². The minimum atomic E-state index is -0.933. The molecule has 1 aromatic rings. The molecule has 13 nitrogen and oxygen atoms in total. The number of oxime groups is 1. The van der Waals surface area contributed by atoms with Crippen molar-refractivity contribution in [3.05, 3.63) is 35.9 Å². The zero-order chi connectivity index (χ0) is 29.1. The van der Waals surface area contributed by atoms with Crippen LogP contribution in [-0.2, 0) is 63.7 Å². The van der Waals surface area contributed by atoms with Crippen molar-refractivity contribution in [2.45, 2.75) is 94.7 Å². The van der Waals surface area contributed by atoms with Crippen molar-refractivity contribution < 1.29 is 57.1 Å². The Labute approximate surface area is 231 Å². The first-order chi connectivity index (χ1) is 19.0. The number of rotatable bonds is 7. The van der Waals surface area contributed by atoms with Gasteiger partial charge in [0.25, 0.3) is 0 Å². The summed E-state index contributed by atoms with van der Waals surface area (Å²) in [6, 6.07) is 9.69. The summed E-state index contributed by atoms with van der Waals surface area (Å²) < 4.78 is 43.0. The summed E-state index contributed by atoms with van der Waals surface area (Å²) in [4.78, 5) is 39.5. The maximum Gasteiger partial charge on any atom is 0.338 e. The van der Waals surface area contributed by atoms with E-state index in [-0.39, 0.29) is 0 Å². The summed E-state index contributed by atoms with van der Waals surface area (Å²) in [7, 11) is 2.85. The Morgan fingerprint density at radius 3 is 1.77 bits per heavy atom. The Kier molecular flexibility index (Phi) is 9.22. The van der Waals surface area contributed by atoms with Crippen molar-refractivity contribution in [2.75, 3.05) is 14.2 Å². The van der Waals surface area contributed by atoms with Crippen LogP contribution in [0.4, 0.5) is 0 Å². The van der Waals surface area contributed by atoms with Crippen LogP contribution in [0, 0.1) is 0 Å². The van der Waals surface area contributed by atoms with Crippen molar-refractivity contribution in [1.29, 1.82) is 0 Å². The molecule has 220 valence electrons. The predicted molar refractivity (Wildman–Crippen MR) is 135 cm³/mol. The molecule has 4 aliphatic rings. The molecule has 0 aromatic heterocycles. The highest BCUT2D eigenvalue weighted by molar-refractivity contribution is 5.80. The summed E-state index contributed by atoms with van der Waals surface area (Å²) >= 11 is 0. The first-order valence-corrected chi connectivity index (χ1v) is 12.8. The van der Waals surface area contributed by atoms with Gasteiger partial charge in [-0.05, 0) is 33.3 Å². The fraction of sp³-hybridized carbons (Fsp3) is 0.630. The third-order valence-corrected chi connectivity index (χ3v) is 6.54. The van der Waals surface area contributed by atoms with E-state index in [1.165, 1.54) is 20.4 Å². The quantitative estimate of drug-likeness (QED) is 0.203. The number of ether oxygens (including phenoxy) is 8. The minimum absolute atomic E-state index is 0.346. The highest BCUT2D eigenvalue weighted by atomic mass is 16.8. The Hall–Kier alpha value is -2.94. The second-order valence-corrected chi connectivity index (χ2v) is 10.4. The van der Waals surface area contributed by atoms with Crippen molar-refractivity contribution in [3.8, 4) is 0 Å². The number of esters is 2. The van der Waals surface area contributed by atoms with Gasteiger partial charge in [-0.1, -0.05) is 35.5 Å². The van der Waals surface area contributed by atoms with Gasteiger partial charge in [0.05, 0.1) is 6.21 Å². The molecule has 13 heteroatoms. The molecule has 0 N–H and O–H groups in total. The number of carbonyl (C=O) groups is 3. The Morgan fingerprint density at radius 1 is 0.775 bits per heavy atom. The lowest BCUT2D eigenvalue weighted by molar-refractivity contribution is -0.318. The van der Waals surface area contributed by atoms with Gasteiger partial charge in [-0.2, -0.15) is 0 Å². The van der Waals surface area contributed by atoms with Crippen molar-refractivity contribution in [1.82, 2.24) is 0 Å². The second kappa shape index (κ2) is 12.3. The molecule has 40 heavy (non-hydrogen) atoms. The molecule has 8 atom stereocenters. The zero-order valence-corrected chi connectivity index (χ0v) is 23.2. The van der Waals surface area contributed by atoms with Crippen molar-refractivity contribution in [3.63, 3.8) is 0 Å². The van der Waals surface area contributed by atoms with E-state index >= 15 is 0 Å². The largest absolute Gasteiger partial charge is 0.454 e. The van der Waals surface area contributed by atoms with Crippen LogP contribution in [0.25, 0.3) is 0 Å². The van der Waals surface area contributed by atoms with E-state index < -0.39 is 72.3 Å². The molecule has 0 spiro atoms. The molecular formula is C27H35NO12. The summed E-state index contributed by atoms with van der Waals surface area (Å²) in [5, 5.41) is 3.95. The van der Waals surface area contributed by atoms with Gasteiger partial charge in [0, 0.05) is 14.2 Å². The second-order valence-electron chi connectivity index (χ2n) is 10.4.